The topological polar surface area (TPSA) is 111 Å². The van der Waals surface area contributed by atoms with Gasteiger partial charge in [0.2, 0.25) is 0 Å². The zero-order chi connectivity index (χ0) is 24.3. The number of aromatic nitrogens is 2. The molecule has 1 amide bonds. The van der Waals surface area contributed by atoms with Crippen LogP contribution in [0.25, 0.3) is 22.3 Å². The summed E-state index contributed by atoms with van der Waals surface area (Å²) in [6, 6.07) is 9.30. The Morgan fingerprint density at radius 2 is 1.97 bits per heavy atom. The zero-order valence-electron chi connectivity index (χ0n) is 19.6. The summed E-state index contributed by atoms with van der Waals surface area (Å²) in [5.41, 5.74) is 1.23. The molecular weight excluding hydrogens is 446 g/mol. The Kier molecular flexibility index (Phi) is 5.03. The summed E-state index contributed by atoms with van der Waals surface area (Å²) in [5, 5.41) is 15.1. The van der Waals surface area contributed by atoms with Gasteiger partial charge in [-0.05, 0) is 31.4 Å². The average molecular weight is 474 g/mol. The molecule has 0 saturated heterocycles. The first kappa shape index (κ1) is 22.0. The highest BCUT2D eigenvalue weighted by Gasteiger charge is 2.45. The first-order valence-electron chi connectivity index (χ1n) is 12.3. The molecule has 6 rings (SSSR count). The van der Waals surface area contributed by atoms with Gasteiger partial charge in [0.1, 0.15) is 6.61 Å². The van der Waals surface area contributed by atoms with Gasteiger partial charge in [0.05, 0.1) is 34.6 Å². The van der Waals surface area contributed by atoms with E-state index in [2.05, 4.69) is 5.32 Å². The van der Waals surface area contributed by atoms with E-state index < -0.39 is 11.6 Å². The van der Waals surface area contributed by atoms with Crippen LogP contribution in [-0.4, -0.2) is 32.6 Å². The Hall–Kier alpha value is -3.52. The number of nitrogens with zero attached hydrogens (tertiary/aromatic N) is 2. The fourth-order valence-electron chi connectivity index (χ4n) is 5.79. The molecule has 0 unspecified atom stereocenters. The summed E-state index contributed by atoms with van der Waals surface area (Å²) in [5.74, 6) is -0.907. The number of ether oxygens (including phenoxy) is 1. The third kappa shape index (κ3) is 3.23. The van der Waals surface area contributed by atoms with E-state index in [0.717, 1.165) is 31.1 Å². The average Bonchev–Trinajstić information content (AvgIpc) is 3.24. The van der Waals surface area contributed by atoms with Crippen molar-refractivity contribution in [3.63, 3.8) is 0 Å². The second-order valence-electron chi connectivity index (χ2n) is 9.74. The van der Waals surface area contributed by atoms with Crippen molar-refractivity contribution in [3.05, 3.63) is 62.9 Å². The number of pyridine rings is 2. The highest BCUT2D eigenvalue weighted by molar-refractivity contribution is 6.09. The van der Waals surface area contributed by atoms with Crippen molar-refractivity contribution in [2.75, 3.05) is 0 Å². The second-order valence-corrected chi connectivity index (χ2v) is 9.74. The number of rotatable bonds is 3. The van der Waals surface area contributed by atoms with E-state index in [1.165, 1.54) is 6.42 Å². The van der Waals surface area contributed by atoms with Crippen molar-refractivity contribution in [3.8, 4) is 11.4 Å². The van der Waals surface area contributed by atoms with Crippen LogP contribution in [0.4, 0.5) is 0 Å². The van der Waals surface area contributed by atoms with Crippen molar-refractivity contribution < 1.29 is 19.4 Å². The predicted octanol–water partition coefficient (Wildman–Crippen LogP) is 3.14. The summed E-state index contributed by atoms with van der Waals surface area (Å²) in [7, 11) is 0. The van der Waals surface area contributed by atoms with Crippen molar-refractivity contribution in [2.45, 2.75) is 70.2 Å². The highest BCUT2D eigenvalue weighted by Crippen LogP contribution is 2.40. The van der Waals surface area contributed by atoms with Gasteiger partial charge in [-0.15, -0.1) is 0 Å². The first-order valence-corrected chi connectivity index (χ1v) is 12.3. The number of hydrogen-bond acceptors (Lipinski definition) is 6. The van der Waals surface area contributed by atoms with Gasteiger partial charge < -0.3 is 19.7 Å². The summed E-state index contributed by atoms with van der Waals surface area (Å²) < 4.78 is 6.73. The van der Waals surface area contributed by atoms with Crippen molar-refractivity contribution in [2.24, 2.45) is 0 Å². The number of benzene rings is 1. The molecule has 4 heterocycles. The third-order valence-electron chi connectivity index (χ3n) is 7.76. The minimum Gasteiger partial charge on any atom is -0.458 e. The van der Waals surface area contributed by atoms with Crippen LogP contribution in [0.2, 0.25) is 0 Å². The quantitative estimate of drug-likeness (QED) is 0.443. The summed E-state index contributed by atoms with van der Waals surface area (Å²) in [6.07, 6.45) is 5.41. The van der Waals surface area contributed by atoms with Crippen molar-refractivity contribution in [1.82, 2.24) is 14.9 Å². The van der Waals surface area contributed by atoms with Gasteiger partial charge in [-0.25, -0.2) is 9.78 Å². The first-order chi connectivity index (χ1) is 16.9. The molecule has 1 fully saturated rings. The van der Waals surface area contributed by atoms with Gasteiger partial charge in [0.25, 0.3) is 11.5 Å². The summed E-state index contributed by atoms with van der Waals surface area (Å²) in [6.45, 7) is 1.69. The molecule has 8 nitrogen and oxygen atoms in total. The molecule has 2 aliphatic heterocycles. The number of carbonyl (C=O) groups excluding carboxylic acids is 2. The number of cyclic esters (lactones) is 1. The van der Waals surface area contributed by atoms with E-state index in [-0.39, 0.29) is 48.2 Å². The summed E-state index contributed by atoms with van der Waals surface area (Å²) in [4.78, 5) is 44.4. The van der Waals surface area contributed by atoms with Crippen LogP contribution in [0, 0.1) is 0 Å². The molecule has 3 aliphatic rings. The summed E-state index contributed by atoms with van der Waals surface area (Å²) >= 11 is 0. The monoisotopic (exact) mass is 473 g/mol. The number of esters is 1. The van der Waals surface area contributed by atoms with E-state index in [4.69, 9.17) is 9.72 Å². The van der Waals surface area contributed by atoms with Gasteiger partial charge in [0.15, 0.2) is 5.60 Å². The minimum absolute atomic E-state index is 0.0782. The normalized spacial score (nSPS) is 21.3. The lowest BCUT2D eigenvalue weighted by molar-refractivity contribution is -0.172. The molecule has 8 heteroatoms. The molecule has 0 radical (unpaired) electrons. The Balaban J connectivity index is 1.55. The van der Waals surface area contributed by atoms with E-state index >= 15 is 0 Å². The molecule has 35 heavy (non-hydrogen) atoms. The molecule has 2 N–H and O–H groups in total. The number of carbonyl (C=O) groups is 2. The van der Waals surface area contributed by atoms with Crippen LogP contribution >= 0.6 is 0 Å². The molecule has 180 valence electrons. The van der Waals surface area contributed by atoms with Crippen LogP contribution in [0.5, 0.6) is 0 Å². The van der Waals surface area contributed by atoms with Crippen LogP contribution in [-0.2, 0) is 28.3 Å². The Morgan fingerprint density at radius 1 is 1.20 bits per heavy atom. The lowest BCUT2D eigenvalue weighted by Crippen LogP contribution is -2.44. The van der Waals surface area contributed by atoms with Gasteiger partial charge >= 0.3 is 5.97 Å². The lowest BCUT2D eigenvalue weighted by Gasteiger charge is -2.31. The number of hydrogen-bond donors (Lipinski definition) is 2. The number of aliphatic hydroxyl groups is 1. The predicted molar refractivity (Wildman–Crippen MR) is 129 cm³/mol. The fraction of sp³-hybridized carbons (Fsp3) is 0.407. The van der Waals surface area contributed by atoms with E-state index in [9.17, 15) is 19.5 Å². The maximum Gasteiger partial charge on any atom is 0.343 e. The van der Waals surface area contributed by atoms with E-state index in [0.29, 0.717) is 28.0 Å². The van der Waals surface area contributed by atoms with Crippen molar-refractivity contribution in [1.29, 1.82) is 0 Å². The largest absolute Gasteiger partial charge is 0.458 e. The molecule has 0 bridgehead atoms. The molecule has 0 spiro atoms. The van der Waals surface area contributed by atoms with Crippen LogP contribution in [0.1, 0.15) is 72.5 Å². The molecule has 1 atom stereocenters. The van der Waals surface area contributed by atoms with E-state index in [1.807, 2.05) is 24.3 Å². The van der Waals surface area contributed by atoms with Crippen LogP contribution < -0.4 is 10.9 Å². The number of amides is 1. The Bertz CT molecular complexity index is 1450. The fourth-order valence-corrected chi connectivity index (χ4v) is 5.79. The number of nitrogens with one attached hydrogen (secondary N) is 1. The number of fused-ring (bicyclic) bond motifs is 5. The van der Waals surface area contributed by atoms with Gasteiger partial charge in [-0.3, -0.25) is 9.59 Å². The zero-order valence-corrected chi connectivity index (χ0v) is 19.6. The molecular formula is C27H27N3O5. The second kappa shape index (κ2) is 8.02. The van der Waals surface area contributed by atoms with Gasteiger partial charge in [0, 0.05) is 22.6 Å². The molecule has 2 aromatic heterocycles. The lowest BCUT2D eigenvalue weighted by atomic mass is 9.86. The van der Waals surface area contributed by atoms with Gasteiger partial charge in [-0.2, -0.15) is 0 Å². The molecule has 1 aromatic carbocycles. The highest BCUT2D eigenvalue weighted by atomic mass is 16.6. The maximum absolute atomic E-state index is 13.6. The molecule has 3 aromatic rings. The van der Waals surface area contributed by atoms with E-state index in [1.54, 1.807) is 17.6 Å². The maximum atomic E-state index is 13.6. The minimum atomic E-state index is -1.89. The molecule has 1 aliphatic carbocycles. The number of para-hydroxylation sites is 1. The van der Waals surface area contributed by atoms with Crippen LogP contribution in [0.3, 0.4) is 0 Å². The Labute approximate surface area is 201 Å². The smallest absolute Gasteiger partial charge is 0.343 e. The van der Waals surface area contributed by atoms with Crippen LogP contribution in [0.15, 0.2) is 35.1 Å². The molecule has 1 saturated carbocycles. The SMILES string of the molecule is CC[C@@]1(O)C(=O)OCc2c1cc1n(c2=O)Cc2c-1nc1ccccc1c2C(=O)NC1CCCCC1. The van der Waals surface area contributed by atoms with Gasteiger partial charge in [-0.1, -0.05) is 44.4 Å². The standard InChI is InChI=1S/C27H27N3O5/c1-2-27(34)19-12-21-23-17(13-30(21)25(32)18(19)14-35-26(27)33)22(16-10-6-7-11-20(16)29-23)24(31)28-15-8-4-3-5-9-15/h6-7,10-12,15,34H,2-5,8-9,13-14H2,1H3,(H,28,31)/t27-/m0/s1. The third-order valence-corrected chi connectivity index (χ3v) is 7.76. The van der Waals surface area contributed by atoms with Crippen molar-refractivity contribution >= 4 is 22.8 Å². The Morgan fingerprint density at radius 3 is 2.74 bits per heavy atom.